The van der Waals surface area contributed by atoms with Gasteiger partial charge in [0, 0.05) is 12.2 Å². The molecular weight excluding hydrogens is 252 g/mol. The maximum absolute atomic E-state index is 11.7. The first kappa shape index (κ1) is 16.7. The summed E-state index contributed by atoms with van der Waals surface area (Å²) in [4.78, 5) is 11.7. The van der Waals surface area contributed by atoms with Crippen molar-refractivity contribution < 1.29 is 9.90 Å². The van der Waals surface area contributed by atoms with Crippen molar-refractivity contribution in [2.24, 2.45) is 5.92 Å². The number of aryl methyl sites for hydroxylation is 1. The van der Waals surface area contributed by atoms with E-state index in [1.165, 1.54) is 0 Å². The number of rotatable bonds is 8. The lowest BCUT2D eigenvalue weighted by molar-refractivity contribution is -0.115. The lowest BCUT2D eigenvalue weighted by Gasteiger charge is -2.20. The summed E-state index contributed by atoms with van der Waals surface area (Å²) >= 11 is 0. The van der Waals surface area contributed by atoms with Gasteiger partial charge in [0.05, 0.1) is 12.6 Å². The van der Waals surface area contributed by atoms with Crippen LogP contribution in [0.3, 0.4) is 0 Å². The van der Waals surface area contributed by atoms with Crippen LogP contribution in [-0.4, -0.2) is 30.2 Å². The van der Waals surface area contributed by atoms with Gasteiger partial charge in [-0.1, -0.05) is 44.4 Å². The van der Waals surface area contributed by atoms with Crippen molar-refractivity contribution in [1.82, 2.24) is 5.32 Å². The molecule has 1 atom stereocenters. The molecule has 112 valence electrons. The maximum atomic E-state index is 11.7. The van der Waals surface area contributed by atoms with Gasteiger partial charge in [-0.3, -0.25) is 4.79 Å². The van der Waals surface area contributed by atoms with Crippen LogP contribution in [0, 0.1) is 12.8 Å². The second-order valence-corrected chi connectivity index (χ2v) is 5.19. The molecule has 0 aliphatic heterocycles. The Morgan fingerprint density at radius 2 is 1.80 bits per heavy atom. The lowest BCUT2D eigenvalue weighted by atomic mass is 9.97. The number of anilines is 1. The molecule has 0 saturated heterocycles. The fourth-order valence-electron chi connectivity index (χ4n) is 2.18. The van der Waals surface area contributed by atoms with Crippen molar-refractivity contribution in [1.29, 1.82) is 0 Å². The zero-order valence-electron chi connectivity index (χ0n) is 12.6. The van der Waals surface area contributed by atoms with E-state index < -0.39 is 6.10 Å². The summed E-state index contributed by atoms with van der Waals surface area (Å²) in [6.45, 7) is 6.81. The van der Waals surface area contributed by atoms with Crippen LogP contribution < -0.4 is 10.6 Å². The first-order valence-corrected chi connectivity index (χ1v) is 7.32. The number of carbonyl (C=O) groups is 1. The minimum absolute atomic E-state index is 0.0920. The van der Waals surface area contributed by atoms with E-state index in [2.05, 4.69) is 24.5 Å². The van der Waals surface area contributed by atoms with Crippen LogP contribution in [0.4, 0.5) is 5.69 Å². The molecule has 0 aliphatic rings. The summed E-state index contributed by atoms with van der Waals surface area (Å²) in [5.41, 5.74) is 1.96. The maximum Gasteiger partial charge on any atom is 0.238 e. The highest BCUT2D eigenvalue weighted by Gasteiger charge is 2.15. The van der Waals surface area contributed by atoms with Gasteiger partial charge in [0.15, 0.2) is 0 Å². The molecule has 4 heteroatoms. The van der Waals surface area contributed by atoms with E-state index in [-0.39, 0.29) is 12.5 Å². The molecule has 1 aromatic rings. The van der Waals surface area contributed by atoms with E-state index >= 15 is 0 Å². The quantitative estimate of drug-likeness (QED) is 0.684. The molecule has 0 saturated carbocycles. The molecule has 0 heterocycles. The fraction of sp³-hybridized carbons (Fsp3) is 0.562. The van der Waals surface area contributed by atoms with Crippen molar-refractivity contribution in [3.63, 3.8) is 0 Å². The fourth-order valence-corrected chi connectivity index (χ4v) is 2.18. The lowest BCUT2D eigenvalue weighted by Crippen LogP contribution is -2.36. The Balaban J connectivity index is 2.28. The normalized spacial score (nSPS) is 12.4. The second kappa shape index (κ2) is 8.72. The van der Waals surface area contributed by atoms with E-state index in [0.29, 0.717) is 12.5 Å². The van der Waals surface area contributed by atoms with Crippen LogP contribution in [0.2, 0.25) is 0 Å². The molecule has 0 spiro atoms. The number of hydrogen-bond donors (Lipinski definition) is 3. The minimum Gasteiger partial charge on any atom is -0.392 e. The van der Waals surface area contributed by atoms with Gasteiger partial charge in [0.2, 0.25) is 5.91 Å². The zero-order chi connectivity index (χ0) is 15.0. The average Bonchev–Trinajstić information content (AvgIpc) is 2.43. The van der Waals surface area contributed by atoms with Crippen molar-refractivity contribution in [3.05, 3.63) is 29.8 Å². The molecule has 20 heavy (non-hydrogen) atoms. The van der Waals surface area contributed by atoms with Crippen LogP contribution in [0.25, 0.3) is 0 Å². The molecule has 4 nitrogen and oxygen atoms in total. The number of hydrogen-bond acceptors (Lipinski definition) is 3. The number of aliphatic hydroxyl groups is 1. The van der Waals surface area contributed by atoms with Gasteiger partial charge >= 0.3 is 0 Å². The molecule has 0 aliphatic carbocycles. The first-order chi connectivity index (χ1) is 9.56. The van der Waals surface area contributed by atoms with Crippen LogP contribution in [-0.2, 0) is 4.79 Å². The predicted octanol–water partition coefficient (Wildman–Crippen LogP) is 2.32. The van der Waals surface area contributed by atoms with E-state index in [1.54, 1.807) is 0 Å². The van der Waals surface area contributed by atoms with Gasteiger partial charge < -0.3 is 15.7 Å². The van der Waals surface area contributed by atoms with Gasteiger partial charge in [0.25, 0.3) is 0 Å². The molecule has 1 rings (SSSR count). The monoisotopic (exact) mass is 278 g/mol. The Kier molecular flexibility index (Phi) is 7.26. The molecule has 1 amide bonds. The summed E-state index contributed by atoms with van der Waals surface area (Å²) < 4.78 is 0. The highest BCUT2D eigenvalue weighted by Crippen LogP contribution is 2.12. The molecule has 1 unspecified atom stereocenters. The van der Waals surface area contributed by atoms with Gasteiger partial charge in [-0.2, -0.15) is 0 Å². The average molecular weight is 278 g/mol. The molecule has 0 aromatic heterocycles. The highest BCUT2D eigenvalue weighted by atomic mass is 16.3. The van der Waals surface area contributed by atoms with Crippen molar-refractivity contribution in [2.45, 2.75) is 39.7 Å². The second-order valence-electron chi connectivity index (χ2n) is 5.19. The Morgan fingerprint density at radius 3 is 2.35 bits per heavy atom. The smallest absolute Gasteiger partial charge is 0.238 e. The SMILES string of the molecule is CCC(CC)C(O)CNCC(=O)Nc1ccc(C)cc1. The van der Waals surface area contributed by atoms with Crippen molar-refractivity contribution in [2.75, 3.05) is 18.4 Å². The standard InChI is InChI=1S/C16H26N2O2/c1-4-13(5-2)15(19)10-17-11-16(20)18-14-8-6-12(3)7-9-14/h6-9,13,15,17,19H,4-5,10-11H2,1-3H3,(H,18,20). The Labute approximate surface area is 121 Å². The van der Waals surface area contributed by atoms with Crippen LogP contribution in [0.15, 0.2) is 24.3 Å². The number of amides is 1. The van der Waals surface area contributed by atoms with Crippen LogP contribution >= 0.6 is 0 Å². The van der Waals surface area contributed by atoms with Crippen molar-refractivity contribution in [3.8, 4) is 0 Å². The Bertz CT molecular complexity index is 399. The molecule has 0 radical (unpaired) electrons. The van der Waals surface area contributed by atoms with Gasteiger partial charge in [-0.25, -0.2) is 0 Å². The van der Waals surface area contributed by atoms with E-state index in [0.717, 1.165) is 24.1 Å². The number of nitrogens with one attached hydrogen (secondary N) is 2. The summed E-state index contributed by atoms with van der Waals surface area (Å²) in [6.07, 6.45) is 1.52. The molecule has 0 bridgehead atoms. The topological polar surface area (TPSA) is 61.4 Å². The number of benzene rings is 1. The third-order valence-electron chi connectivity index (χ3n) is 3.57. The Morgan fingerprint density at radius 1 is 1.20 bits per heavy atom. The zero-order valence-corrected chi connectivity index (χ0v) is 12.6. The molecule has 0 fully saturated rings. The summed E-state index contributed by atoms with van der Waals surface area (Å²) in [5, 5.41) is 15.8. The van der Waals surface area contributed by atoms with E-state index in [1.807, 2.05) is 31.2 Å². The molecule has 3 N–H and O–H groups in total. The molecule has 1 aromatic carbocycles. The Hall–Kier alpha value is -1.39. The predicted molar refractivity (Wildman–Crippen MR) is 82.8 cm³/mol. The third kappa shape index (κ3) is 5.72. The first-order valence-electron chi connectivity index (χ1n) is 7.32. The third-order valence-corrected chi connectivity index (χ3v) is 3.57. The highest BCUT2D eigenvalue weighted by molar-refractivity contribution is 5.92. The number of aliphatic hydroxyl groups excluding tert-OH is 1. The van der Waals surface area contributed by atoms with Crippen LogP contribution in [0.5, 0.6) is 0 Å². The minimum atomic E-state index is -0.392. The summed E-state index contributed by atoms with van der Waals surface area (Å²) in [6, 6.07) is 7.68. The largest absolute Gasteiger partial charge is 0.392 e. The van der Waals surface area contributed by atoms with Gasteiger partial charge in [-0.15, -0.1) is 0 Å². The van der Waals surface area contributed by atoms with E-state index in [4.69, 9.17) is 0 Å². The van der Waals surface area contributed by atoms with Gasteiger partial charge in [-0.05, 0) is 25.0 Å². The summed E-state index contributed by atoms with van der Waals surface area (Å²) in [7, 11) is 0. The van der Waals surface area contributed by atoms with Crippen LogP contribution in [0.1, 0.15) is 32.3 Å². The van der Waals surface area contributed by atoms with Gasteiger partial charge in [0.1, 0.15) is 0 Å². The van der Waals surface area contributed by atoms with Crippen molar-refractivity contribution >= 4 is 11.6 Å². The molecular formula is C16H26N2O2. The van der Waals surface area contributed by atoms with E-state index in [9.17, 15) is 9.90 Å². The number of carbonyl (C=O) groups excluding carboxylic acids is 1. The summed E-state index contributed by atoms with van der Waals surface area (Å²) in [5.74, 6) is 0.202.